The molecule has 0 unspecified atom stereocenters. The van der Waals surface area contributed by atoms with Crippen LogP contribution in [0.2, 0.25) is 10.0 Å². The minimum absolute atomic E-state index is 0.202. The lowest BCUT2D eigenvalue weighted by molar-refractivity contribution is 0.413. The molecule has 2 aromatic carbocycles. The Morgan fingerprint density at radius 2 is 0.815 bits per heavy atom. The summed E-state index contributed by atoms with van der Waals surface area (Å²) in [7, 11) is 0. The number of phenolic OH excluding ortho intramolecular Hbond substituents is 2. The molecule has 2 N–H and O–H groups in total. The highest BCUT2D eigenvalue weighted by Crippen LogP contribution is 2.48. The average molecular weight is 409 g/mol. The molecule has 0 saturated heterocycles. The van der Waals surface area contributed by atoms with Gasteiger partial charge in [-0.3, -0.25) is 0 Å². The van der Waals surface area contributed by atoms with E-state index in [1.807, 2.05) is 55.4 Å². The predicted molar refractivity (Wildman–Crippen MR) is 116 cm³/mol. The average Bonchev–Trinajstić information content (AvgIpc) is 2.48. The summed E-state index contributed by atoms with van der Waals surface area (Å²) in [6.07, 6.45) is 0. The van der Waals surface area contributed by atoms with Crippen LogP contribution in [-0.4, -0.2) is 10.2 Å². The van der Waals surface area contributed by atoms with Crippen molar-refractivity contribution < 1.29 is 10.2 Å². The number of rotatable bonds is 2. The lowest BCUT2D eigenvalue weighted by Gasteiger charge is -2.33. The van der Waals surface area contributed by atoms with Crippen molar-refractivity contribution in [1.29, 1.82) is 0 Å². The summed E-state index contributed by atoms with van der Waals surface area (Å²) in [5.41, 5.74) is 1.63. The second-order valence-electron chi connectivity index (χ2n) is 9.82. The number of aromatic hydroxyl groups is 2. The van der Waals surface area contributed by atoms with Gasteiger partial charge in [-0.15, -0.1) is 0 Å². The van der Waals surface area contributed by atoms with Crippen molar-refractivity contribution in [3.63, 3.8) is 0 Å². The molecule has 2 rings (SSSR count). The lowest BCUT2D eigenvalue weighted by Crippen LogP contribution is -2.23. The van der Waals surface area contributed by atoms with Crippen LogP contribution in [0.5, 0.6) is 11.5 Å². The first-order valence-corrected chi connectivity index (χ1v) is 9.89. The molecule has 0 radical (unpaired) electrons. The summed E-state index contributed by atoms with van der Waals surface area (Å²) in [4.78, 5) is 0. The molecule has 0 aliphatic rings. The van der Waals surface area contributed by atoms with Crippen LogP contribution in [0.25, 0.3) is 0 Å². The van der Waals surface area contributed by atoms with Gasteiger partial charge in [0.05, 0.1) is 0 Å². The maximum atomic E-state index is 11.1. The molecule has 2 aromatic rings. The largest absolute Gasteiger partial charge is 0.507 e. The van der Waals surface area contributed by atoms with E-state index in [0.29, 0.717) is 21.2 Å². The molecule has 0 atom stereocenters. The van der Waals surface area contributed by atoms with Gasteiger partial charge in [-0.2, -0.15) is 0 Å². The van der Waals surface area contributed by atoms with Crippen molar-refractivity contribution >= 4 is 23.2 Å². The molecular weight excluding hydrogens is 379 g/mol. The molecule has 4 heteroatoms. The lowest BCUT2D eigenvalue weighted by atomic mass is 9.72. The van der Waals surface area contributed by atoms with Gasteiger partial charge in [0.15, 0.2) is 0 Å². The van der Waals surface area contributed by atoms with Crippen molar-refractivity contribution in [3.8, 4) is 11.5 Å². The van der Waals surface area contributed by atoms with Gasteiger partial charge < -0.3 is 10.2 Å². The fraction of sp³-hybridized carbons (Fsp3) is 0.478. The monoisotopic (exact) mass is 408 g/mol. The smallest absolute Gasteiger partial charge is 0.123 e. The van der Waals surface area contributed by atoms with E-state index in [2.05, 4.69) is 0 Å². The molecule has 0 aliphatic heterocycles. The number of benzene rings is 2. The molecule has 0 spiro atoms. The van der Waals surface area contributed by atoms with E-state index in [0.717, 1.165) is 11.1 Å². The Balaban J connectivity index is 2.82. The van der Waals surface area contributed by atoms with Crippen LogP contribution in [0.1, 0.15) is 77.6 Å². The fourth-order valence-electron chi connectivity index (χ4n) is 3.44. The third-order valence-corrected chi connectivity index (χ3v) is 5.55. The topological polar surface area (TPSA) is 40.5 Å². The maximum absolute atomic E-state index is 11.1. The molecular formula is C23H30Cl2O2. The van der Waals surface area contributed by atoms with Gasteiger partial charge in [0, 0.05) is 37.7 Å². The van der Waals surface area contributed by atoms with E-state index < -0.39 is 5.41 Å². The zero-order chi connectivity index (χ0) is 20.9. The van der Waals surface area contributed by atoms with Gasteiger partial charge in [-0.25, -0.2) is 0 Å². The Morgan fingerprint density at radius 3 is 1.07 bits per heavy atom. The molecule has 0 aromatic heterocycles. The summed E-state index contributed by atoms with van der Waals surface area (Å²) in [6, 6.07) is 7.14. The van der Waals surface area contributed by atoms with Crippen LogP contribution in [0.3, 0.4) is 0 Å². The minimum Gasteiger partial charge on any atom is -0.507 e. The third-order valence-electron chi connectivity index (χ3n) is 5.11. The highest BCUT2D eigenvalue weighted by molar-refractivity contribution is 6.31. The first-order valence-electron chi connectivity index (χ1n) is 9.13. The molecule has 2 nitrogen and oxygen atoms in total. The van der Waals surface area contributed by atoms with Crippen molar-refractivity contribution in [3.05, 3.63) is 56.6 Å². The molecule has 148 valence electrons. The van der Waals surface area contributed by atoms with E-state index in [1.165, 1.54) is 0 Å². The number of phenols is 2. The summed E-state index contributed by atoms with van der Waals surface area (Å²) < 4.78 is 0. The Kier molecular flexibility index (Phi) is 5.60. The van der Waals surface area contributed by atoms with Gasteiger partial charge in [0.2, 0.25) is 0 Å². The van der Waals surface area contributed by atoms with Gasteiger partial charge in [0.25, 0.3) is 0 Å². The van der Waals surface area contributed by atoms with Crippen LogP contribution in [0.15, 0.2) is 24.3 Å². The Labute approximate surface area is 173 Å². The molecule has 0 fully saturated rings. The minimum atomic E-state index is -0.704. The second-order valence-corrected chi connectivity index (χ2v) is 10.7. The zero-order valence-electron chi connectivity index (χ0n) is 17.5. The summed E-state index contributed by atoms with van der Waals surface area (Å²) >= 11 is 12.8. The molecule has 0 aliphatic carbocycles. The molecule has 0 amide bonds. The maximum Gasteiger partial charge on any atom is 0.123 e. The van der Waals surface area contributed by atoms with Crippen LogP contribution < -0.4 is 0 Å². The molecule has 0 saturated carbocycles. The van der Waals surface area contributed by atoms with Gasteiger partial charge in [-0.05, 0) is 35.1 Å². The Hall–Kier alpha value is -1.38. The van der Waals surface area contributed by atoms with Crippen LogP contribution in [-0.2, 0) is 16.2 Å². The van der Waals surface area contributed by atoms with Crippen molar-refractivity contribution in [2.24, 2.45) is 0 Å². The van der Waals surface area contributed by atoms with Crippen LogP contribution >= 0.6 is 23.2 Å². The molecule has 0 bridgehead atoms. The first kappa shape index (κ1) is 21.9. The van der Waals surface area contributed by atoms with E-state index in [4.69, 9.17) is 23.2 Å². The number of hydrogen-bond donors (Lipinski definition) is 2. The van der Waals surface area contributed by atoms with E-state index >= 15 is 0 Å². The van der Waals surface area contributed by atoms with Crippen molar-refractivity contribution in [2.45, 2.75) is 71.6 Å². The summed E-state index contributed by atoms with van der Waals surface area (Å²) in [5, 5.41) is 23.2. The van der Waals surface area contributed by atoms with E-state index in [-0.39, 0.29) is 22.3 Å². The zero-order valence-corrected chi connectivity index (χ0v) is 19.0. The number of halogens is 2. The summed E-state index contributed by atoms with van der Waals surface area (Å²) in [5.74, 6) is 0.405. The van der Waals surface area contributed by atoms with Gasteiger partial charge >= 0.3 is 0 Å². The molecule has 0 heterocycles. The van der Waals surface area contributed by atoms with E-state index in [1.54, 1.807) is 24.3 Å². The quantitative estimate of drug-likeness (QED) is 0.545. The standard InChI is InChI=1S/C23H30Cl2O2/c1-21(2,3)15-9-13(24)11-17(19(15)26)23(7,8)18-12-14(25)10-16(20(18)27)22(4,5)6/h9-12,26-27H,1-8H3. The first-order chi connectivity index (χ1) is 12.1. The second kappa shape index (κ2) is 6.90. The highest BCUT2D eigenvalue weighted by Gasteiger charge is 2.34. The van der Waals surface area contributed by atoms with Crippen LogP contribution in [0, 0.1) is 0 Å². The van der Waals surface area contributed by atoms with E-state index in [9.17, 15) is 10.2 Å². The predicted octanol–water partition coefficient (Wildman–Crippen LogP) is 7.33. The number of hydrogen-bond acceptors (Lipinski definition) is 2. The molecule has 27 heavy (non-hydrogen) atoms. The van der Waals surface area contributed by atoms with Crippen LogP contribution in [0.4, 0.5) is 0 Å². The third kappa shape index (κ3) is 4.22. The van der Waals surface area contributed by atoms with Gasteiger partial charge in [-0.1, -0.05) is 78.6 Å². The Morgan fingerprint density at radius 1 is 0.556 bits per heavy atom. The fourth-order valence-corrected chi connectivity index (χ4v) is 3.88. The SMILES string of the molecule is CC(C)(C)c1cc(Cl)cc(C(C)(C)c2cc(Cl)cc(C(C)(C)C)c2O)c1O. The highest BCUT2D eigenvalue weighted by atomic mass is 35.5. The Bertz CT molecular complexity index is 798. The van der Waals surface area contributed by atoms with Gasteiger partial charge in [0.1, 0.15) is 11.5 Å². The van der Waals surface area contributed by atoms with Crippen molar-refractivity contribution in [2.75, 3.05) is 0 Å². The van der Waals surface area contributed by atoms with Crippen molar-refractivity contribution in [1.82, 2.24) is 0 Å². The summed E-state index contributed by atoms with van der Waals surface area (Å²) in [6.45, 7) is 16.1. The normalized spacial score (nSPS) is 13.1.